The zero-order chi connectivity index (χ0) is 21.9. The highest BCUT2D eigenvalue weighted by molar-refractivity contribution is 5.71. The summed E-state index contributed by atoms with van der Waals surface area (Å²) in [5, 5.41) is 0. The monoisotopic (exact) mass is 411 g/mol. The quantitative estimate of drug-likeness (QED) is 0.225. The molecule has 1 heteroatoms. The predicted octanol–water partition coefficient (Wildman–Crippen LogP) is 8.84. The second-order valence-electron chi connectivity index (χ2n) is 8.58. The van der Waals surface area contributed by atoms with Crippen LogP contribution in [0.1, 0.15) is 67.7 Å². The van der Waals surface area contributed by atoms with E-state index in [-0.39, 0.29) is 0 Å². The van der Waals surface area contributed by atoms with Gasteiger partial charge < -0.3 is 4.90 Å². The Bertz CT molecular complexity index is 918. The highest BCUT2D eigenvalue weighted by Gasteiger charge is 2.04. The lowest BCUT2D eigenvalue weighted by Gasteiger charge is -2.20. The molecule has 0 unspecified atom stereocenters. The largest absolute Gasteiger partial charge is 0.345 e. The molecule has 3 rings (SSSR count). The summed E-state index contributed by atoms with van der Waals surface area (Å²) in [6.07, 6.45) is 13.7. The van der Waals surface area contributed by atoms with Crippen molar-refractivity contribution in [3.8, 4) is 0 Å². The second kappa shape index (κ2) is 12.2. The number of hydrogen-bond donors (Lipinski definition) is 0. The highest BCUT2D eigenvalue weighted by Crippen LogP contribution is 2.25. The molecular formula is C30H37N. The van der Waals surface area contributed by atoms with Crippen LogP contribution in [0.25, 0.3) is 12.2 Å². The Hall–Kier alpha value is -2.80. The van der Waals surface area contributed by atoms with E-state index in [1.54, 1.807) is 0 Å². The summed E-state index contributed by atoms with van der Waals surface area (Å²) >= 11 is 0. The van der Waals surface area contributed by atoms with E-state index in [2.05, 4.69) is 111 Å². The SMILES string of the molecule is CCCCCCCCc1ccc(N(C)c2ccc(C=Cc3ccc(C)cc3)cc2)cc1. The van der Waals surface area contributed by atoms with Gasteiger partial charge in [0.05, 0.1) is 0 Å². The number of nitrogens with zero attached hydrogens (tertiary/aromatic N) is 1. The van der Waals surface area contributed by atoms with E-state index in [1.165, 1.54) is 78.6 Å². The first-order valence-electron chi connectivity index (χ1n) is 11.8. The van der Waals surface area contributed by atoms with E-state index in [0.717, 1.165) is 0 Å². The van der Waals surface area contributed by atoms with Crippen LogP contribution in [0.5, 0.6) is 0 Å². The summed E-state index contributed by atoms with van der Waals surface area (Å²) < 4.78 is 0. The van der Waals surface area contributed by atoms with Crippen molar-refractivity contribution < 1.29 is 0 Å². The lowest BCUT2D eigenvalue weighted by molar-refractivity contribution is 0.607. The topological polar surface area (TPSA) is 3.24 Å². The average Bonchev–Trinajstić information content (AvgIpc) is 2.81. The molecule has 0 aromatic heterocycles. The van der Waals surface area contributed by atoms with Gasteiger partial charge in [0, 0.05) is 18.4 Å². The maximum absolute atomic E-state index is 2.29. The van der Waals surface area contributed by atoms with Gasteiger partial charge in [0.1, 0.15) is 0 Å². The Morgan fingerprint density at radius 3 is 1.68 bits per heavy atom. The Balaban J connectivity index is 1.52. The molecule has 0 N–H and O–H groups in total. The van der Waals surface area contributed by atoms with Crippen LogP contribution in [0.3, 0.4) is 0 Å². The van der Waals surface area contributed by atoms with E-state index in [1.807, 2.05) is 0 Å². The minimum atomic E-state index is 1.19. The standard InChI is InChI=1S/C30H37N/c1-4-5-6-7-8-9-10-26-17-21-29(22-18-26)31(3)30-23-19-28(20-24-30)16-15-27-13-11-25(2)12-14-27/h11-24H,4-10H2,1-3H3. The van der Waals surface area contributed by atoms with Crippen molar-refractivity contribution in [1.82, 2.24) is 0 Å². The van der Waals surface area contributed by atoms with Crippen molar-refractivity contribution in [1.29, 1.82) is 0 Å². The van der Waals surface area contributed by atoms with Crippen LogP contribution in [-0.2, 0) is 6.42 Å². The Morgan fingerprint density at radius 2 is 1.10 bits per heavy atom. The summed E-state index contributed by atoms with van der Waals surface area (Å²) in [5.74, 6) is 0. The molecule has 0 spiro atoms. The molecule has 162 valence electrons. The van der Waals surface area contributed by atoms with Gasteiger partial charge in [-0.15, -0.1) is 0 Å². The third-order valence-corrected chi connectivity index (χ3v) is 5.97. The van der Waals surface area contributed by atoms with Gasteiger partial charge in [-0.25, -0.2) is 0 Å². The van der Waals surface area contributed by atoms with Crippen LogP contribution < -0.4 is 4.90 Å². The normalized spacial score (nSPS) is 11.2. The van der Waals surface area contributed by atoms with E-state index >= 15 is 0 Å². The van der Waals surface area contributed by atoms with Gasteiger partial charge in [0.15, 0.2) is 0 Å². The maximum atomic E-state index is 2.29. The van der Waals surface area contributed by atoms with Gasteiger partial charge in [-0.05, 0) is 60.7 Å². The molecule has 0 saturated heterocycles. The smallest absolute Gasteiger partial charge is 0.0408 e. The molecule has 3 aromatic carbocycles. The van der Waals surface area contributed by atoms with Gasteiger partial charge in [0.25, 0.3) is 0 Å². The molecule has 0 aliphatic heterocycles. The zero-order valence-corrected chi connectivity index (χ0v) is 19.5. The molecule has 0 atom stereocenters. The fourth-order valence-electron chi connectivity index (χ4n) is 3.82. The fraction of sp³-hybridized carbons (Fsp3) is 0.333. The molecule has 0 radical (unpaired) electrons. The summed E-state index contributed by atoms with van der Waals surface area (Å²) in [7, 11) is 2.14. The Labute approximate surface area is 189 Å². The summed E-state index contributed by atoms with van der Waals surface area (Å²) in [6, 6.07) is 26.4. The van der Waals surface area contributed by atoms with Crippen molar-refractivity contribution in [2.75, 3.05) is 11.9 Å². The second-order valence-corrected chi connectivity index (χ2v) is 8.58. The molecule has 0 aliphatic carbocycles. The highest BCUT2D eigenvalue weighted by atomic mass is 15.1. The number of unbranched alkanes of at least 4 members (excludes halogenated alkanes) is 5. The van der Waals surface area contributed by atoms with E-state index in [0.29, 0.717) is 0 Å². The number of hydrogen-bond acceptors (Lipinski definition) is 1. The number of benzene rings is 3. The molecule has 31 heavy (non-hydrogen) atoms. The molecule has 3 aromatic rings. The van der Waals surface area contributed by atoms with E-state index in [4.69, 9.17) is 0 Å². The first kappa shape index (κ1) is 22.9. The molecule has 0 bridgehead atoms. The van der Waals surface area contributed by atoms with Crippen molar-refractivity contribution in [2.24, 2.45) is 0 Å². The minimum Gasteiger partial charge on any atom is -0.345 e. The third-order valence-electron chi connectivity index (χ3n) is 5.97. The summed E-state index contributed by atoms with van der Waals surface area (Å²) in [5.41, 5.74) is 7.62. The number of aryl methyl sites for hydroxylation is 2. The van der Waals surface area contributed by atoms with E-state index < -0.39 is 0 Å². The van der Waals surface area contributed by atoms with Crippen LogP contribution >= 0.6 is 0 Å². The summed E-state index contributed by atoms with van der Waals surface area (Å²) in [4.78, 5) is 2.25. The first-order chi connectivity index (χ1) is 15.2. The Kier molecular flexibility index (Phi) is 8.97. The van der Waals surface area contributed by atoms with Gasteiger partial charge in [-0.1, -0.05) is 105 Å². The molecular weight excluding hydrogens is 374 g/mol. The van der Waals surface area contributed by atoms with E-state index in [9.17, 15) is 0 Å². The van der Waals surface area contributed by atoms with Crippen molar-refractivity contribution in [3.05, 3.63) is 95.1 Å². The Morgan fingerprint density at radius 1 is 0.613 bits per heavy atom. The van der Waals surface area contributed by atoms with Crippen LogP contribution in [0.15, 0.2) is 72.8 Å². The van der Waals surface area contributed by atoms with Crippen molar-refractivity contribution in [3.63, 3.8) is 0 Å². The van der Waals surface area contributed by atoms with Crippen LogP contribution in [-0.4, -0.2) is 7.05 Å². The van der Waals surface area contributed by atoms with Crippen LogP contribution in [0, 0.1) is 6.92 Å². The molecule has 0 heterocycles. The van der Waals surface area contributed by atoms with Gasteiger partial charge >= 0.3 is 0 Å². The summed E-state index contributed by atoms with van der Waals surface area (Å²) in [6.45, 7) is 4.39. The van der Waals surface area contributed by atoms with Crippen molar-refractivity contribution >= 4 is 23.5 Å². The number of anilines is 2. The molecule has 0 fully saturated rings. The van der Waals surface area contributed by atoms with Gasteiger partial charge in [-0.3, -0.25) is 0 Å². The molecule has 0 amide bonds. The van der Waals surface area contributed by atoms with Gasteiger partial charge in [0.2, 0.25) is 0 Å². The maximum Gasteiger partial charge on any atom is 0.0408 e. The average molecular weight is 412 g/mol. The van der Waals surface area contributed by atoms with Crippen molar-refractivity contribution in [2.45, 2.75) is 58.8 Å². The zero-order valence-electron chi connectivity index (χ0n) is 19.5. The molecule has 0 saturated carbocycles. The lowest BCUT2D eigenvalue weighted by Crippen LogP contribution is -2.09. The molecule has 0 aliphatic rings. The van der Waals surface area contributed by atoms with Gasteiger partial charge in [-0.2, -0.15) is 0 Å². The minimum absolute atomic E-state index is 1.19. The lowest BCUT2D eigenvalue weighted by atomic mass is 10.0. The number of rotatable bonds is 11. The van der Waals surface area contributed by atoms with Crippen LogP contribution in [0.4, 0.5) is 11.4 Å². The fourth-order valence-corrected chi connectivity index (χ4v) is 3.82. The van der Waals surface area contributed by atoms with Crippen LogP contribution in [0.2, 0.25) is 0 Å². The first-order valence-corrected chi connectivity index (χ1v) is 11.8. The third kappa shape index (κ3) is 7.43. The predicted molar refractivity (Wildman–Crippen MR) is 138 cm³/mol. The molecule has 1 nitrogen and oxygen atoms in total.